The number of hydrogen-bond acceptors (Lipinski definition) is 3. The van der Waals surface area contributed by atoms with E-state index in [4.69, 9.17) is 11.6 Å². The van der Waals surface area contributed by atoms with E-state index in [1.807, 2.05) is 36.4 Å². The molecule has 32 heavy (non-hydrogen) atoms. The number of nitrogens with zero attached hydrogens (tertiary/aromatic N) is 1. The van der Waals surface area contributed by atoms with Crippen LogP contribution in [0.1, 0.15) is 49.3 Å². The fourth-order valence-electron chi connectivity index (χ4n) is 4.40. The Kier molecular flexibility index (Phi) is 9.12. The Hall–Kier alpha value is -2.37. The quantitative estimate of drug-likeness (QED) is 0.539. The molecule has 0 bridgehead atoms. The van der Waals surface area contributed by atoms with E-state index in [0.717, 1.165) is 38.0 Å². The third-order valence-corrected chi connectivity index (χ3v) is 6.52. The molecule has 0 saturated heterocycles. The Balaban J connectivity index is 1.57. The number of carbonyl (C=O) groups is 2. The van der Waals surface area contributed by atoms with Gasteiger partial charge in [-0.05, 0) is 54.8 Å². The van der Waals surface area contributed by atoms with Crippen molar-refractivity contribution in [2.45, 2.75) is 51.5 Å². The first-order chi connectivity index (χ1) is 15.5. The maximum Gasteiger partial charge on any atom is 0.220 e. The van der Waals surface area contributed by atoms with Crippen molar-refractivity contribution in [1.29, 1.82) is 0 Å². The lowest BCUT2D eigenvalue weighted by atomic mass is 9.91. The van der Waals surface area contributed by atoms with E-state index in [1.54, 1.807) is 0 Å². The number of hydrogen-bond donors (Lipinski definition) is 2. The fraction of sp³-hybridized carbons (Fsp3) is 0.462. The number of likely N-dealkylation sites (N-methyl/N-ethyl adjacent to an activating group) is 1. The maximum atomic E-state index is 12.9. The van der Waals surface area contributed by atoms with E-state index in [2.05, 4.69) is 41.5 Å². The lowest BCUT2D eigenvalue weighted by molar-refractivity contribution is -0.123. The Labute approximate surface area is 196 Å². The number of rotatable bonds is 11. The van der Waals surface area contributed by atoms with E-state index in [0.29, 0.717) is 11.6 Å². The van der Waals surface area contributed by atoms with E-state index < -0.39 is 0 Å². The van der Waals surface area contributed by atoms with Gasteiger partial charge in [-0.2, -0.15) is 0 Å². The first kappa shape index (κ1) is 24.3. The summed E-state index contributed by atoms with van der Waals surface area (Å²) in [6, 6.07) is 15.9. The highest BCUT2D eigenvalue weighted by Gasteiger charge is 2.25. The minimum absolute atomic E-state index is 0.0151. The number of benzene rings is 2. The average Bonchev–Trinajstić information content (AvgIpc) is 3.19. The van der Waals surface area contributed by atoms with E-state index in [-0.39, 0.29) is 36.6 Å². The van der Waals surface area contributed by atoms with Crippen LogP contribution < -0.4 is 10.6 Å². The summed E-state index contributed by atoms with van der Waals surface area (Å²) in [7, 11) is 0. The molecule has 1 aliphatic rings. The highest BCUT2D eigenvalue weighted by molar-refractivity contribution is 6.30. The van der Waals surface area contributed by atoms with Gasteiger partial charge in [-0.1, -0.05) is 61.8 Å². The number of nitrogens with one attached hydrogen (secondary N) is 2. The smallest absolute Gasteiger partial charge is 0.220 e. The fourth-order valence-corrected chi connectivity index (χ4v) is 4.53. The van der Waals surface area contributed by atoms with E-state index in [1.165, 1.54) is 11.1 Å². The van der Waals surface area contributed by atoms with Crippen molar-refractivity contribution in [1.82, 2.24) is 15.5 Å². The van der Waals surface area contributed by atoms with Crippen LogP contribution in [0.5, 0.6) is 0 Å². The molecule has 2 amide bonds. The maximum absolute atomic E-state index is 12.9. The van der Waals surface area contributed by atoms with Crippen LogP contribution in [0.2, 0.25) is 5.02 Å². The molecule has 3 rings (SSSR count). The zero-order valence-corrected chi connectivity index (χ0v) is 19.8. The molecule has 0 aromatic heterocycles. The van der Waals surface area contributed by atoms with Crippen molar-refractivity contribution in [2.75, 3.05) is 26.2 Å². The van der Waals surface area contributed by atoms with Crippen molar-refractivity contribution in [2.24, 2.45) is 0 Å². The van der Waals surface area contributed by atoms with Crippen LogP contribution in [0.3, 0.4) is 0 Å². The zero-order valence-electron chi connectivity index (χ0n) is 19.1. The number of carbonyl (C=O) groups excluding carboxylic acids is 2. The summed E-state index contributed by atoms with van der Waals surface area (Å²) in [5.41, 5.74) is 3.57. The Morgan fingerprint density at radius 3 is 2.16 bits per heavy atom. The average molecular weight is 456 g/mol. The topological polar surface area (TPSA) is 61.4 Å². The van der Waals surface area contributed by atoms with Crippen molar-refractivity contribution >= 4 is 23.4 Å². The van der Waals surface area contributed by atoms with Gasteiger partial charge in [0.25, 0.3) is 0 Å². The molecule has 0 spiro atoms. The summed E-state index contributed by atoms with van der Waals surface area (Å²) in [6.45, 7) is 7.59. The molecule has 1 aliphatic carbocycles. The van der Waals surface area contributed by atoms with Gasteiger partial charge >= 0.3 is 0 Å². The Morgan fingerprint density at radius 2 is 1.56 bits per heavy atom. The van der Waals surface area contributed by atoms with Crippen molar-refractivity contribution < 1.29 is 9.59 Å². The Bertz CT molecular complexity index is 871. The normalized spacial score (nSPS) is 14.2. The van der Waals surface area contributed by atoms with Gasteiger partial charge in [-0.15, -0.1) is 0 Å². The second kappa shape index (κ2) is 12.0. The van der Waals surface area contributed by atoms with Gasteiger partial charge in [0.05, 0.1) is 0 Å². The van der Waals surface area contributed by atoms with Gasteiger partial charge in [0.2, 0.25) is 11.8 Å². The number of fused-ring (bicyclic) bond motifs is 1. The predicted octanol–water partition coefficient (Wildman–Crippen LogP) is 3.95. The van der Waals surface area contributed by atoms with Gasteiger partial charge < -0.3 is 15.5 Å². The van der Waals surface area contributed by atoms with E-state index in [9.17, 15) is 9.59 Å². The number of amides is 2. The Morgan fingerprint density at radius 1 is 0.969 bits per heavy atom. The van der Waals surface area contributed by atoms with Crippen LogP contribution in [-0.2, 0) is 22.4 Å². The van der Waals surface area contributed by atoms with Crippen LogP contribution in [0, 0.1) is 0 Å². The molecular weight excluding hydrogens is 422 g/mol. The van der Waals surface area contributed by atoms with Crippen LogP contribution in [-0.4, -0.2) is 48.9 Å². The largest absolute Gasteiger partial charge is 0.355 e. The molecule has 2 N–H and O–H groups in total. The minimum atomic E-state index is -0.190. The second-order valence-electron chi connectivity index (χ2n) is 8.47. The van der Waals surface area contributed by atoms with Gasteiger partial charge in [0.15, 0.2) is 0 Å². The molecule has 0 fully saturated rings. The molecular formula is C26H34ClN3O2. The zero-order chi connectivity index (χ0) is 22.9. The van der Waals surface area contributed by atoms with Gasteiger partial charge in [0, 0.05) is 42.9 Å². The summed E-state index contributed by atoms with van der Waals surface area (Å²) in [5, 5.41) is 6.84. The third-order valence-electron chi connectivity index (χ3n) is 6.27. The molecule has 0 heterocycles. The summed E-state index contributed by atoms with van der Waals surface area (Å²) < 4.78 is 0. The molecule has 6 heteroatoms. The second-order valence-corrected chi connectivity index (χ2v) is 8.91. The first-order valence-corrected chi connectivity index (χ1v) is 12.0. The molecule has 2 aromatic rings. The summed E-state index contributed by atoms with van der Waals surface area (Å²) >= 11 is 6.05. The lowest BCUT2D eigenvalue weighted by Gasteiger charge is -2.20. The monoisotopic (exact) mass is 455 g/mol. The summed E-state index contributed by atoms with van der Waals surface area (Å²) in [6.07, 6.45) is 2.27. The van der Waals surface area contributed by atoms with Crippen LogP contribution in [0.25, 0.3) is 0 Å². The number of halogens is 1. The van der Waals surface area contributed by atoms with Crippen LogP contribution >= 0.6 is 11.6 Å². The molecule has 0 radical (unpaired) electrons. The van der Waals surface area contributed by atoms with Gasteiger partial charge in [-0.3, -0.25) is 9.59 Å². The SMILES string of the molecule is CCN(CC)CCNC(=O)CC(CC(=O)NC1Cc2ccccc2C1)c1ccc(Cl)cc1. The molecule has 1 atom stereocenters. The minimum Gasteiger partial charge on any atom is -0.355 e. The lowest BCUT2D eigenvalue weighted by Crippen LogP contribution is -2.37. The van der Waals surface area contributed by atoms with Crippen LogP contribution in [0.15, 0.2) is 48.5 Å². The van der Waals surface area contributed by atoms with E-state index >= 15 is 0 Å². The molecule has 0 aliphatic heterocycles. The van der Waals surface area contributed by atoms with Gasteiger partial charge in [-0.25, -0.2) is 0 Å². The summed E-state index contributed by atoms with van der Waals surface area (Å²) in [5.74, 6) is -0.235. The van der Waals surface area contributed by atoms with Crippen molar-refractivity contribution in [3.8, 4) is 0 Å². The standard InChI is InChI=1S/C26H34ClN3O2/c1-3-30(4-2)14-13-28-25(31)17-22(19-9-11-23(27)12-10-19)18-26(32)29-24-15-20-7-5-6-8-21(20)16-24/h5-12,22,24H,3-4,13-18H2,1-2H3,(H,28,31)(H,29,32). The molecule has 0 saturated carbocycles. The molecule has 2 aromatic carbocycles. The van der Waals surface area contributed by atoms with Crippen LogP contribution in [0.4, 0.5) is 0 Å². The van der Waals surface area contributed by atoms with Crippen molar-refractivity contribution in [3.63, 3.8) is 0 Å². The molecule has 172 valence electrons. The highest BCUT2D eigenvalue weighted by atomic mass is 35.5. The molecule has 5 nitrogen and oxygen atoms in total. The van der Waals surface area contributed by atoms with Crippen molar-refractivity contribution in [3.05, 3.63) is 70.2 Å². The highest BCUT2D eigenvalue weighted by Crippen LogP contribution is 2.26. The van der Waals surface area contributed by atoms with Gasteiger partial charge in [0.1, 0.15) is 0 Å². The predicted molar refractivity (Wildman–Crippen MR) is 130 cm³/mol. The first-order valence-electron chi connectivity index (χ1n) is 11.6. The summed E-state index contributed by atoms with van der Waals surface area (Å²) in [4.78, 5) is 27.8. The third kappa shape index (κ3) is 7.07. The molecule has 1 unspecified atom stereocenters.